The molecule has 2 aliphatic rings. The van der Waals surface area contributed by atoms with Crippen molar-refractivity contribution in [2.45, 2.75) is 51.1 Å². The fourth-order valence-electron chi connectivity index (χ4n) is 2.99. The summed E-state index contributed by atoms with van der Waals surface area (Å²) >= 11 is 0. The molecule has 0 aromatic heterocycles. The van der Waals surface area contributed by atoms with Crippen molar-refractivity contribution in [3.8, 4) is 0 Å². The van der Waals surface area contributed by atoms with Crippen LogP contribution in [0.15, 0.2) is 0 Å². The largest absolute Gasteiger partial charge is 0.466 e. The highest BCUT2D eigenvalue weighted by atomic mass is 32.2. The van der Waals surface area contributed by atoms with Gasteiger partial charge >= 0.3 is 5.97 Å². The van der Waals surface area contributed by atoms with Crippen LogP contribution in [0.3, 0.4) is 0 Å². The van der Waals surface area contributed by atoms with Crippen molar-refractivity contribution >= 4 is 16.2 Å². The lowest BCUT2D eigenvalue weighted by molar-refractivity contribution is -0.149. The number of esters is 1. The Balaban J connectivity index is 1.87. The Labute approximate surface area is 126 Å². The standard InChI is InChI=1S/C13H25N3O4S/c1-2-20-13(17)10-6-8-16(9-7-10)21(18,19)15-12-5-3-4-11(12)14/h10-12,15H,2-9,14H2,1H3. The second kappa shape index (κ2) is 7.04. The van der Waals surface area contributed by atoms with Gasteiger partial charge in [0.1, 0.15) is 0 Å². The van der Waals surface area contributed by atoms with E-state index in [2.05, 4.69) is 4.72 Å². The third kappa shape index (κ3) is 4.15. The summed E-state index contributed by atoms with van der Waals surface area (Å²) in [5.74, 6) is -0.412. The molecule has 1 aliphatic carbocycles. The van der Waals surface area contributed by atoms with E-state index in [0.29, 0.717) is 32.5 Å². The summed E-state index contributed by atoms with van der Waals surface area (Å²) in [4.78, 5) is 11.7. The summed E-state index contributed by atoms with van der Waals surface area (Å²) in [6, 6.07) is -0.269. The Morgan fingerprint density at radius 2 is 1.95 bits per heavy atom. The lowest BCUT2D eigenvalue weighted by Crippen LogP contribution is -2.52. The number of carbonyl (C=O) groups excluding carboxylic acids is 1. The fraction of sp³-hybridized carbons (Fsp3) is 0.923. The van der Waals surface area contributed by atoms with Gasteiger partial charge in [0.15, 0.2) is 0 Å². The molecule has 1 heterocycles. The first-order chi connectivity index (χ1) is 9.94. The quantitative estimate of drug-likeness (QED) is 0.693. The second-order valence-electron chi connectivity index (χ2n) is 5.75. The summed E-state index contributed by atoms with van der Waals surface area (Å²) in [6.45, 7) is 2.83. The third-order valence-electron chi connectivity index (χ3n) is 4.28. The molecule has 2 unspecified atom stereocenters. The summed E-state index contributed by atoms with van der Waals surface area (Å²) in [5.41, 5.74) is 5.90. The van der Waals surface area contributed by atoms with Crippen molar-refractivity contribution in [3.05, 3.63) is 0 Å². The molecule has 3 N–H and O–H groups in total. The number of piperidine rings is 1. The topological polar surface area (TPSA) is 102 Å². The van der Waals surface area contributed by atoms with Crippen molar-refractivity contribution in [2.24, 2.45) is 11.7 Å². The first-order valence-corrected chi connectivity index (χ1v) is 9.07. The minimum Gasteiger partial charge on any atom is -0.466 e. The maximum atomic E-state index is 12.3. The van der Waals surface area contributed by atoms with Gasteiger partial charge in [0.2, 0.25) is 0 Å². The summed E-state index contributed by atoms with van der Waals surface area (Å²) in [5, 5.41) is 0. The first-order valence-electron chi connectivity index (χ1n) is 7.63. The maximum absolute atomic E-state index is 12.3. The average molecular weight is 319 g/mol. The van der Waals surface area contributed by atoms with Gasteiger partial charge in [-0.3, -0.25) is 4.79 Å². The summed E-state index contributed by atoms with van der Waals surface area (Å²) in [7, 11) is -3.51. The molecule has 7 nitrogen and oxygen atoms in total. The molecule has 2 rings (SSSR count). The van der Waals surface area contributed by atoms with Gasteiger partial charge in [0.25, 0.3) is 10.2 Å². The summed E-state index contributed by atoms with van der Waals surface area (Å²) < 4.78 is 33.8. The highest BCUT2D eigenvalue weighted by molar-refractivity contribution is 7.87. The van der Waals surface area contributed by atoms with Gasteiger partial charge in [-0.2, -0.15) is 17.4 Å². The van der Waals surface area contributed by atoms with Gasteiger partial charge in [0.05, 0.1) is 12.5 Å². The van der Waals surface area contributed by atoms with Gasteiger partial charge in [0, 0.05) is 25.2 Å². The molecule has 0 radical (unpaired) electrons. The van der Waals surface area contributed by atoms with E-state index in [4.69, 9.17) is 10.5 Å². The smallest absolute Gasteiger partial charge is 0.309 e. The number of hydrogen-bond acceptors (Lipinski definition) is 5. The molecule has 1 saturated carbocycles. The van der Waals surface area contributed by atoms with Crippen LogP contribution in [0.5, 0.6) is 0 Å². The number of nitrogens with zero attached hydrogens (tertiary/aromatic N) is 1. The fourth-order valence-corrected chi connectivity index (χ4v) is 4.51. The van der Waals surface area contributed by atoms with Gasteiger partial charge in [-0.05, 0) is 32.6 Å². The Morgan fingerprint density at radius 3 is 2.48 bits per heavy atom. The molecular weight excluding hydrogens is 294 g/mol. The predicted molar refractivity (Wildman–Crippen MR) is 78.6 cm³/mol. The van der Waals surface area contributed by atoms with Crippen LogP contribution in [0, 0.1) is 5.92 Å². The Morgan fingerprint density at radius 1 is 1.29 bits per heavy atom. The first kappa shape index (κ1) is 16.7. The number of nitrogens with two attached hydrogens (primary N) is 1. The lowest BCUT2D eigenvalue weighted by atomic mass is 9.98. The highest BCUT2D eigenvalue weighted by Gasteiger charge is 2.35. The Bertz CT molecular complexity index is 460. The van der Waals surface area contributed by atoms with Gasteiger partial charge in [-0.25, -0.2) is 0 Å². The Kier molecular flexibility index (Phi) is 5.59. The number of nitrogens with one attached hydrogen (secondary N) is 1. The minimum absolute atomic E-state index is 0.100. The Hall–Kier alpha value is -0.700. The molecule has 2 atom stereocenters. The number of ether oxygens (including phenoxy) is 1. The zero-order valence-corrected chi connectivity index (χ0v) is 13.3. The van der Waals surface area contributed by atoms with Gasteiger partial charge < -0.3 is 10.5 Å². The lowest BCUT2D eigenvalue weighted by Gasteiger charge is -2.31. The zero-order chi connectivity index (χ0) is 15.5. The molecule has 21 heavy (non-hydrogen) atoms. The van der Waals surface area contributed by atoms with Crippen LogP contribution >= 0.6 is 0 Å². The third-order valence-corrected chi connectivity index (χ3v) is 5.93. The highest BCUT2D eigenvalue weighted by Crippen LogP contribution is 2.22. The predicted octanol–water partition coefficient (Wildman–Crippen LogP) is -0.0243. The van der Waals surface area contributed by atoms with Gasteiger partial charge in [-0.1, -0.05) is 6.42 Å². The molecule has 0 aromatic rings. The molecule has 0 spiro atoms. The number of carbonyl (C=O) groups is 1. The monoisotopic (exact) mass is 319 g/mol. The van der Waals surface area contributed by atoms with Crippen molar-refractivity contribution in [1.29, 1.82) is 0 Å². The van der Waals surface area contributed by atoms with Crippen LogP contribution in [-0.4, -0.2) is 50.5 Å². The molecule has 0 aromatic carbocycles. The SMILES string of the molecule is CCOC(=O)C1CCN(S(=O)(=O)NC2CCCC2N)CC1. The van der Waals surface area contributed by atoms with Crippen LogP contribution in [-0.2, 0) is 19.7 Å². The average Bonchev–Trinajstić information content (AvgIpc) is 2.84. The second-order valence-corrected chi connectivity index (χ2v) is 7.45. The maximum Gasteiger partial charge on any atom is 0.309 e. The van der Waals surface area contributed by atoms with E-state index in [9.17, 15) is 13.2 Å². The van der Waals surface area contributed by atoms with Crippen molar-refractivity contribution in [3.63, 3.8) is 0 Å². The molecule has 8 heteroatoms. The normalized spacial score (nSPS) is 28.7. The molecule has 1 saturated heterocycles. The molecular formula is C13H25N3O4S. The van der Waals surface area contributed by atoms with Crippen molar-refractivity contribution in [1.82, 2.24) is 9.03 Å². The van der Waals surface area contributed by atoms with Crippen LogP contribution < -0.4 is 10.5 Å². The van der Waals surface area contributed by atoms with Crippen LogP contribution in [0.25, 0.3) is 0 Å². The molecule has 0 bridgehead atoms. The van der Waals surface area contributed by atoms with Crippen LogP contribution in [0.1, 0.15) is 39.0 Å². The van der Waals surface area contributed by atoms with E-state index in [1.54, 1.807) is 6.92 Å². The van der Waals surface area contributed by atoms with E-state index < -0.39 is 10.2 Å². The van der Waals surface area contributed by atoms with Crippen molar-refractivity contribution in [2.75, 3.05) is 19.7 Å². The van der Waals surface area contributed by atoms with Crippen molar-refractivity contribution < 1.29 is 17.9 Å². The van der Waals surface area contributed by atoms with E-state index >= 15 is 0 Å². The van der Waals surface area contributed by atoms with E-state index in [-0.39, 0.29) is 24.0 Å². The van der Waals surface area contributed by atoms with E-state index in [1.807, 2.05) is 0 Å². The number of hydrogen-bond donors (Lipinski definition) is 2. The molecule has 122 valence electrons. The van der Waals surface area contributed by atoms with Crippen LogP contribution in [0.2, 0.25) is 0 Å². The molecule has 0 amide bonds. The summed E-state index contributed by atoms with van der Waals surface area (Å²) in [6.07, 6.45) is 3.63. The van der Waals surface area contributed by atoms with Crippen LogP contribution in [0.4, 0.5) is 0 Å². The zero-order valence-electron chi connectivity index (χ0n) is 12.5. The van der Waals surface area contributed by atoms with Gasteiger partial charge in [-0.15, -0.1) is 0 Å². The number of rotatable bonds is 5. The minimum atomic E-state index is -3.51. The molecule has 1 aliphatic heterocycles. The van der Waals surface area contributed by atoms with E-state index in [0.717, 1.165) is 19.3 Å². The molecule has 2 fully saturated rings. The van der Waals surface area contributed by atoms with E-state index in [1.165, 1.54) is 4.31 Å².